The highest BCUT2D eigenvalue weighted by molar-refractivity contribution is 5.84. The van der Waals surface area contributed by atoms with Gasteiger partial charge in [-0.2, -0.15) is 0 Å². The number of ketones is 1. The Bertz CT molecular complexity index is 325. The first kappa shape index (κ1) is 10.9. The number of ether oxygens (including phenoxy) is 1. The lowest BCUT2D eigenvalue weighted by Gasteiger charge is -2.33. The summed E-state index contributed by atoms with van der Waals surface area (Å²) in [6.07, 6.45) is 3.60. The summed E-state index contributed by atoms with van der Waals surface area (Å²) in [4.78, 5) is 11.2. The van der Waals surface area contributed by atoms with E-state index in [-0.39, 0.29) is 23.4 Å². The molecular weight excluding hydrogens is 188 g/mol. The van der Waals surface area contributed by atoms with E-state index in [1.165, 1.54) is 30.4 Å². The van der Waals surface area contributed by atoms with Gasteiger partial charge in [-0.1, -0.05) is 19.4 Å². The first-order valence-corrected chi connectivity index (χ1v) is 5.79. The van der Waals surface area contributed by atoms with Crippen molar-refractivity contribution >= 4 is 5.78 Å². The van der Waals surface area contributed by atoms with Crippen LogP contribution in [0, 0.1) is 5.41 Å². The molecule has 84 valence electrons. The van der Waals surface area contributed by atoms with E-state index in [1.54, 1.807) is 6.92 Å². The summed E-state index contributed by atoms with van der Waals surface area (Å²) in [5.74, 6) is 0.168. The van der Waals surface area contributed by atoms with Crippen molar-refractivity contribution in [1.29, 1.82) is 0 Å². The maximum absolute atomic E-state index is 11.2. The minimum absolute atomic E-state index is 0.0952. The Labute approximate surface area is 91.7 Å². The second-order valence-corrected chi connectivity index (χ2v) is 5.52. The summed E-state index contributed by atoms with van der Waals surface area (Å²) in [5, 5.41) is 0. The zero-order chi connectivity index (χ0) is 11.2. The monoisotopic (exact) mass is 208 g/mol. The topological polar surface area (TPSA) is 29.6 Å². The zero-order valence-corrected chi connectivity index (χ0v) is 10.1. The highest BCUT2D eigenvalue weighted by Gasteiger charge is 2.50. The number of rotatable bonds is 2. The molecule has 1 aliphatic carbocycles. The van der Waals surface area contributed by atoms with E-state index < -0.39 is 0 Å². The SMILES string of the molecule is CC(=O)C1OC1C1=C(C)CCCC1(C)C. The van der Waals surface area contributed by atoms with Crippen LogP contribution >= 0.6 is 0 Å². The minimum atomic E-state index is -0.146. The molecule has 0 spiro atoms. The molecule has 1 heterocycles. The van der Waals surface area contributed by atoms with Gasteiger partial charge in [0, 0.05) is 0 Å². The maximum atomic E-state index is 11.2. The minimum Gasteiger partial charge on any atom is -0.357 e. The van der Waals surface area contributed by atoms with Crippen molar-refractivity contribution in [3.05, 3.63) is 11.1 Å². The van der Waals surface area contributed by atoms with Crippen molar-refractivity contribution in [2.24, 2.45) is 5.41 Å². The van der Waals surface area contributed by atoms with Crippen molar-refractivity contribution < 1.29 is 9.53 Å². The molecule has 1 fully saturated rings. The summed E-state index contributed by atoms with van der Waals surface area (Å²) in [5.41, 5.74) is 3.06. The highest BCUT2D eigenvalue weighted by Crippen LogP contribution is 2.48. The molecule has 2 atom stereocenters. The lowest BCUT2D eigenvalue weighted by molar-refractivity contribution is -0.118. The summed E-state index contributed by atoms with van der Waals surface area (Å²) in [7, 11) is 0. The molecule has 0 N–H and O–H groups in total. The normalized spacial score (nSPS) is 34.1. The van der Waals surface area contributed by atoms with Gasteiger partial charge in [0.05, 0.1) is 0 Å². The summed E-state index contributed by atoms with van der Waals surface area (Å²) in [6, 6.07) is 0. The predicted octanol–water partition coefficient (Wildman–Crippen LogP) is 2.87. The van der Waals surface area contributed by atoms with Crippen molar-refractivity contribution in [1.82, 2.24) is 0 Å². The van der Waals surface area contributed by atoms with Crippen LogP contribution in [-0.4, -0.2) is 18.0 Å². The number of Topliss-reactive ketones (excluding diaryl/α,β-unsaturated/α-hetero) is 1. The van der Waals surface area contributed by atoms with Gasteiger partial charge in [-0.15, -0.1) is 0 Å². The molecule has 0 saturated carbocycles. The molecule has 15 heavy (non-hydrogen) atoms. The Morgan fingerprint density at radius 2 is 2.13 bits per heavy atom. The average molecular weight is 208 g/mol. The smallest absolute Gasteiger partial charge is 0.161 e. The van der Waals surface area contributed by atoms with Gasteiger partial charge in [-0.05, 0) is 44.1 Å². The van der Waals surface area contributed by atoms with Gasteiger partial charge in [-0.25, -0.2) is 0 Å². The molecule has 2 nitrogen and oxygen atoms in total. The van der Waals surface area contributed by atoms with E-state index in [0.717, 1.165) is 0 Å². The third-order valence-electron chi connectivity index (χ3n) is 3.72. The first-order chi connectivity index (χ1) is 6.93. The molecule has 2 heteroatoms. The highest BCUT2D eigenvalue weighted by atomic mass is 16.6. The molecule has 0 aromatic heterocycles. The van der Waals surface area contributed by atoms with Crippen LogP contribution in [-0.2, 0) is 9.53 Å². The quantitative estimate of drug-likeness (QED) is 0.516. The van der Waals surface area contributed by atoms with Crippen molar-refractivity contribution in [3.63, 3.8) is 0 Å². The maximum Gasteiger partial charge on any atom is 0.161 e. The second kappa shape index (κ2) is 3.44. The number of hydrogen-bond donors (Lipinski definition) is 0. The molecule has 1 saturated heterocycles. The van der Waals surface area contributed by atoms with Crippen LogP contribution in [0.15, 0.2) is 11.1 Å². The Morgan fingerprint density at radius 1 is 1.47 bits per heavy atom. The first-order valence-electron chi connectivity index (χ1n) is 5.79. The molecular formula is C13H20O2. The van der Waals surface area contributed by atoms with Crippen molar-refractivity contribution in [3.8, 4) is 0 Å². The third-order valence-corrected chi connectivity index (χ3v) is 3.72. The fourth-order valence-corrected chi connectivity index (χ4v) is 2.91. The zero-order valence-electron chi connectivity index (χ0n) is 10.1. The molecule has 0 radical (unpaired) electrons. The number of hydrogen-bond acceptors (Lipinski definition) is 2. The van der Waals surface area contributed by atoms with E-state index >= 15 is 0 Å². The average Bonchev–Trinajstić information content (AvgIpc) is 2.81. The van der Waals surface area contributed by atoms with Gasteiger partial charge in [-0.3, -0.25) is 4.79 Å². The molecule has 2 unspecified atom stereocenters. The Hall–Kier alpha value is -0.630. The van der Waals surface area contributed by atoms with Gasteiger partial charge in [0.15, 0.2) is 5.78 Å². The molecule has 0 aromatic carbocycles. The molecule has 2 aliphatic rings. The number of carbonyl (C=O) groups excluding carboxylic acids is 1. The molecule has 0 bridgehead atoms. The molecule has 0 aromatic rings. The summed E-state index contributed by atoms with van der Waals surface area (Å²) < 4.78 is 5.52. The number of carbonyl (C=O) groups is 1. The molecule has 2 rings (SSSR count). The lowest BCUT2D eigenvalue weighted by Crippen LogP contribution is -2.25. The number of epoxide rings is 1. The van der Waals surface area contributed by atoms with Crippen LogP contribution in [0.3, 0.4) is 0 Å². The second-order valence-electron chi connectivity index (χ2n) is 5.52. The van der Waals surface area contributed by atoms with Crippen LogP contribution in [0.1, 0.15) is 47.0 Å². The van der Waals surface area contributed by atoms with E-state index in [9.17, 15) is 4.79 Å². The Balaban J connectivity index is 2.23. The van der Waals surface area contributed by atoms with Gasteiger partial charge >= 0.3 is 0 Å². The van der Waals surface area contributed by atoms with E-state index in [1.807, 2.05) is 0 Å². The van der Waals surface area contributed by atoms with Crippen LogP contribution in [0.5, 0.6) is 0 Å². The summed E-state index contributed by atoms with van der Waals surface area (Å²) in [6.45, 7) is 8.35. The fourth-order valence-electron chi connectivity index (χ4n) is 2.91. The van der Waals surface area contributed by atoms with Gasteiger partial charge in [0.2, 0.25) is 0 Å². The Morgan fingerprint density at radius 3 is 2.60 bits per heavy atom. The molecule has 0 amide bonds. The lowest BCUT2D eigenvalue weighted by atomic mass is 9.71. The van der Waals surface area contributed by atoms with Gasteiger partial charge in [0.25, 0.3) is 0 Å². The van der Waals surface area contributed by atoms with Crippen LogP contribution in [0.25, 0.3) is 0 Å². The van der Waals surface area contributed by atoms with Crippen molar-refractivity contribution in [2.75, 3.05) is 0 Å². The largest absolute Gasteiger partial charge is 0.357 e. The number of allylic oxidation sites excluding steroid dienone is 1. The van der Waals surface area contributed by atoms with Crippen LogP contribution < -0.4 is 0 Å². The fraction of sp³-hybridized carbons (Fsp3) is 0.769. The van der Waals surface area contributed by atoms with E-state index in [4.69, 9.17) is 4.74 Å². The summed E-state index contributed by atoms with van der Waals surface area (Å²) >= 11 is 0. The van der Waals surface area contributed by atoms with Crippen molar-refractivity contribution in [2.45, 2.75) is 59.2 Å². The van der Waals surface area contributed by atoms with Gasteiger partial charge < -0.3 is 4.74 Å². The molecule has 1 aliphatic heterocycles. The van der Waals surface area contributed by atoms with E-state index in [2.05, 4.69) is 20.8 Å². The third kappa shape index (κ3) is 1.87. The van der Waals surface area contributed by atoms with Crippen LogP contribution in [0.4, 0.5) is 0 Å². The standard InChI is InChI=1S/C13H20O2/c1-8-6-5-7-13(3,4)10(8)12-11(15-12)9(2)14/h11-12H,5-7H2,1-4H3. The van der Waals surface area contributed by atoms with Gasteiger partial charge in [0.1, 0.15) is 12.2 Å². The van der Waals surface area contributed by atoms with Crippen LogP contribution in [0.2, 0.25) is 0 Å². The predicted molar refractivity (Wildman–Crippen MR) is 59.7 cm³/mol. The Kier molecular flexibility index (Phi) is 2.50. The van der Waals surface area contributed by atoms with E-state index in [0.29, 0.717) is 0 Å².